The average molecular weight is 417 g/mol. The maximum absolute atomic E-state index is 12.6. The van der Waals surface area contributed by atoms with E-state index in [0.29, 0.717) is 37.3 Å². The molecular weight excluding hydrogens is 394 g/mol. The Morgan fingerprint density at radius 1 is 1.23 bits per heavy atom. The fourth-order valence-corrected chi connectivity index (χ4v) is 3.68. The van der Waals surface area contributed by atoms with Crippen LogP contribution in [0.25, 0.3) is 11.6 Å². The molecule has 2 aromatic rings. The zero-order chi connectivity index (χ0) is 21.8. The predicted molar refractivity (Wildman–Crippen MR) is 118 cm³/mol. The molecular formula is C23H23N5O3. The van der Waals surface area contributed by atoms with Crippen LogP contribution < -0.4 is 11.1 Å². The molecule has 1 aromatic heterocycles. The van der Waals surface area contributed by atoms with Gasteiger partial charge in [-0.3, -0.25) is 9.59 Å². The van der Waals surface area contributed by atoms with Gasteiger partial charge in [0.25, 0.3) is 0 Å². The summed E-state index contributed by atoms with van der Waals surface area (Å²) >= 11 is 0. The van der Waals surface area contributed by atoms with Crippen LogP contribution in [0.3, 0.4) is 0 Å². The number of carbonyl (C=O) groups excluding carboxylic acids is 2. The van der Waals surface area contributed by atoms with Gasteiger partial charge in [-0.15, -0.1) is 0 Å². The summed E-state index contributed by atoms with van der Waals surface area (Å²) in [4.78, 5) is 30.1. The van der Waals surface area contributed by atoms with E-state index in [4.69, 9.17) is 10.9 Å². The normalized spacial score (nSPS) is 16.6. The summed E-state index contributed by atoms with van der Waals surface area (Å²) in [5, 5.41) is 14.5. The molecule has 0 atom stereocenters. The molecule has 2 aliphatic heterocycles. The summed E-state index contributed by atoms with van der Waals surface area (Å²) < 4.78 is 0. The van der Waals surface area contributed by atoms with Gasteiger partial charge in [0.05, 0.1) is 0 Å². The minimum atomic E-state index is -0.0522. The Hall–Kier alpha value is -3.94. The molecule has 158 valence electrons. The molecule has 0 unspecified atom stereocenters. The monoisotopic (exact) mass is 417 g/mol. The van der Waals surface area contributed by atoms with Crippen molar-refractivity contribution in [2.24, 2.45) is 10.9 Å². The van der Waals surface area contributed by atoms with Crippen molar-refractivity contribution in [2.75, 3.05) is 18.4 Å². The van der Waals surface area contributed by atoms with Gasteiger partial charge in [-0.1, -0.05) is 35.5 Å². The van der Waals surface area contributed by atoms with E-state index in [1.165, 1.54) is 5.57 Å². The van der Waals surface area contributed by atoms with Gasteiger partial charge in [0.1, 0.15) is 5.82 Å². The maximum atomic E-state index is 12.6. The van der Waals surface area contributed by atoms with E-state index < -0.39 is 0 Å². The Kier molecular flexibility index (Phi) is 5.79. The largest absolute Gasteiger partial charge is 0.409 e. The topological polar surface area (TPSA) is 121 Å². The third-order valence-corrected chi connectivity index (χ3v) is 5.47. The van der Waals surface area contributed by atoms with E-state index in [9.17, 15) is 9.59 Å². The van der Waals surface area contributed by atoms with Gasteiger partial charge >= 0.3 is 0 Å². The highest BCUT2D eigenvalue weighted by atomic mass is 16.4. The van der Waals surface area contributed by atoms with E-state index in [-0.39, 0.29) is 17.6 Å². The summed E-state index contributed by atoms with van der Waals surface area (Å²) in [5.74, 6) is 0.609. The minimum Gasteiger partial charge on any atom is -0.409 e. The number of rotatable bonds is 4. The predicted octanol–water partition coefficient (Wildman–Crippen LogP) is 2.39. The van der Waals surface area contributed by atoms with Gasteiger partial charge < -0.3 is 21.2 Å². The van der Waals surface area contributed by atoms with Crippen molar-refractivity contribution in [1.29, 1.82) is 0 Å². The number of oxime groups is 1. The summed E-state index contributed by atoms with van der Waals surface area (Å²) in [6, 6.07) is 9.44. The minimum absolute atomic E-state index is 0.0185. The lowest BCUT2D eigenvalue weighted by Gasteiger charge is -2.25. The first kappa shape index (κ1) is 20.3. The van der Waals surface area contributed by atoms with E-state index >= 15 is 0 Å². The van der Waals surface area contributed by atoms with E-state index in [2.05, 4.69) is 21.5 Å². The van der Waals surface area contributed by atoms with Crippen LogP contribution in [0, 0.1) is 0 Å². The Labute approximate surface area is 179 Å². The Balaban J connectivity index is 1.38. The lowest BCUT2D eigenvalue weighted by atomic mass is 9.98. The molecule has 4 rings (SSSR count). The molecule has 2 amide bonds. The number of hydrogen-bond acceptors (Lipinski definition) is 5. The number of amidine groups is 1. The zero-order valence-electron chi connectivity index (χ0n) is 16.9. The summed E-state index contributed by atoms with van der Waals surface area (Å²) in [6.45, 7) is 1.17. The number of aromatic nitrogens is 1. The highest BCUT2D eigenvalue weighted by Gasteiger charge is 2.17. The second-order valence-corrected chi connectivity index (χ2v) is 7.48. The van der Waals surface area contributed by atoms with Crippen molar-refractivity contribution in [2.45, 2.75) is 19.3 Å². The molecule has 0 saturated heterocycles. The van der Waals surface area contributed by atoms with Crippen molar-refractivity contribution < 1.29 is 14.8 Å². The number of hydrogen-bond donors (Lipinski definition) is 3. The Morgan fingerprint density at radius 3 is 2.74 bits per heavy atom. The van der Waals surface area contributed by atoms with Crippen LogP contribution in [-0.2, 0) is 16.0 Å². The molecule has 31 heavy (non-hydrogen) atoms. The second kappa shape index (κ2) is 8.83. The third-order valence-electron chi connectivity index (χ3n) is 5.47. The first-order valence-corrected chi connectivity index (χ1v) is 10.1. The number of fused-ring (bicyclic) bond motifs is 1. The quantitative estimate of drug-likeness (QED) is 0.232. The first-order valence-electron chi connectivity index (χ1n) is 10.1. The zero-order valence-corrected chi connectivity index (χ0v) is 16.9. The van der Waals surface area contributed by atoms with Gasteiger partial charge in [-0.05, 0) is 47.2 Å². The van der Waals surface area contributed by atoms with Crippen molar-refractivity contribution in [3.63, 3.8) is 0 Å². The molecule has 0 aliphatic carbocycles. The number of aryl methyl sites for hydroxylation is 1. The van der Waals surface area contributed by atoms with Gasteiger partial charge in [-0.2, -0.15) is 0 Å². The second-order valence-electron chi connectivity index (χ2n) is 7.48. The summed E-state index contributed by atoms with van der Waals surface area (Å²) in [7, 11) is 0. The Bertz CT molecular complexity index is 1100. The highest BCUT2D eigenvalue weighted by Crippen LogP contribution is 2.24. The lowest BCUT2D eigenvalue weighted by molar-refractivity contribution is -0.125. The molecule has 8 nitrogen and oxygen atoms in total. The molecule has 2 aliphatic rings. The number of anilines is 1. The molecule has 1 aromatic carbocycles. The van der Waals surface area contributed by atoms with Crippen molar-refractivity contribution >= 4 is 35.1 Å². The summed E-state index contributed by atoms with van der Waals surface area (Å²) in [5.41, 5.74) is 10.3. The fraction of sp³-hybridized carbons (Fsp3) is 0.217. The lowest BCUT2D eigenvalue weighted by Crippen LogP contribution is -2.33. The van der Waals surface area contributed by atoms with E-state index in [1.807, 2.05) is 30.3 Å². The first-order chi connectivity index (χ1) is 15.0. The smallest absolute Gasteiger partial charge is 0.246 e. The van der Waals surface area contributed by atoms with Gasteiger partial charge in [0.2, 0.25) is 11.8 Å². The van der Waals surface area contributed by atoms with Crippen LogP contribution in [0.4, 0.5) is 5.82 Å². The highest BCUT2D eigenvalue weighted by molar-refractivity contribution is 5.97. The van der Waals surface area contributed by atoms with Crippen LogP contribution in [0.2, 0.25) is 0 Å². The molecule has 0 fully saturated rings. The number of nitrogens with one attached hydrogen (secondary N) is 1. The van der Waals surface area contributed by atoms with Crippen molar-refractivity contribution in [3.05, 3.63) is 70.9 Å². The average Bonchev–Trinajstić information content (AvgIpc) is 2.82. The van der Waals surface area contributed by atoms with Crippen molar-refractivity contribution in [1.82, 2.24) is 9.88 Å². The molecule has 3 heterocycles. The fourth-order valence-electron chi connectivity index (χ4n) is 3.68. The number of amides is 2. The van der Waals surface area contributed by atoms with Crippen LogP contribution >= 0.6 is 0 Å². The van der Waals surface area contributed by atoms with Crippen LogP contribution in [-0.4, -0.2) is 45.8 Å². The van der Waals surface area contributed by atoms with Crippen molar-refractivity contribution in [3.8, 4) is 0 Å². The third kappa shape index (κ3) is 4.63. The number of carbonyl (C=O) groups is 2. The van der Waals surface area contributed by atoms with Gasteiger partial charge in [-0.25, -0.2) is 4.98 Å². The number of nitrogens with two attached hydrogens (primary N) is 1. The molecule has 0 bridgehead atoms. The van der Waals surface area contributed by atoms with Gasteiger partial charge in [0.15, 0.2) is 5.84 Å². The number of benzene rings is 1. The molecule has 0 spiro atoms. The molecule has 4 N–H and O–H groups in total. The maximum Gasteiger partial charge on any atom is 0.246 e. The Morgan fingerprint density at radius 2 is 2.03 bits per heavy atom. The van der Waals surface area contributed by atoms with E-state index in [0.717, 1.165) is 23.1 Å². The molecule has 8 heteroatoms. The van der Waals surface area contributed by atoms with Crippen LogP contribution in [0.1, 0.15) is 35.1 Å². The molecule has 0 radical (unpaired) electrons. The standard InChI is InChI=1S/C23H23N5O3/c24-22(27-31)18-4-2-16(3-5-18)17-9-11-28(12-10-17)21(30)8-1-15-13-19-6-7-20(29)26-23(19)25-14-15/h1-5,8-9,13-14,31H,6-7,10-12H2,(H2,24,27)(H,25,26,29)/b8-1+. The summed E-state index contributed by atoms with van der Waals surface area (Å²) in [6.07, 6.45) is 8.89. The SMILES string of the molecule is N/C(=N\O)c1ccc(C2=CCN(C(=O)/C=C/c3cnc4c(c3)CCC(=O)N4)CC2)cc1. The number of pyridine rings is 1. The van der Waals surface area contributed by atoms with E-state index in [1.54, 1.807) is 23.2 Å². The van der Waals surface area contributed by atoms with Crippen LogP contribution in [0.15, 0.2) is 53.8 Å². The van der Waals surface area contributed by atoms with Gasteiger partial charge in [0, 0.05) is 37.3 Å². The number of nitrogens with zero attached hydrogens (tertiary/aromatic N) is 3. The van der Waals surface area contributed by atoms with Crippen LogP contribution in [0.5, 0.6) is 0 Å². The molecule has 0 saturated carbocycles.